The molecule has 2 rings (SSSR count). The van der Waals surface area contributed by atoms with Gasteiger partial charge in [-0.2, -0.15) is 13.2 Å². The van der Waals surface area contributed by atoms with Crippen LogP contribution in [0.5, 0.6) is 0 Å². The van der Waals surface area contributed by atoms with E-state index in [2.05, 4.69) is 48.2 Å². The average Bonchev–Trinajstić information content (AvgIpc) is 3.02. The predicted octanol–water partition coefficient (Wildman–Crippen LogP) is 2.96. The lowest BCUT2D eigenvalue weighted by molar-refractivity contribution is -0.154. The van der Waals surface area contributed by atoms with E-state index >= 15 is 0 Å². The molecular weight excluding hydrogens is 317 g/mol. The van der Waals surface area contributed by atoms with Crippen molar-refractivity contribution in [1.82, 2.24) is 20.0 Å². The Morgan fingerprint density at radius 2 is 1.92 bits per heavy atom. The van der Waals surface area contributed by atoms with Crippen LogP contribution in [0.25, 0.3) is 0 Å². The molecule has 0 spiro atoms. The summed E-state index contributed by atoms with van der Waals surface area (Å²) in [5.41, 5.74) is 1.26. The minimum absolute atomic E-state index is 0.360. The fourth-order valence-corrected chi connectivity index (χ4v) is 3.66. The second-order valence-corrected chi connectivity index (χ2v) is 6.46. The van der Waals surface area contributed by atoms with Crippen LogP contribution in [0.15, 0.2) is 24.0 Å². The number of hydrogen-bond donors (Lipinski definition) is 1. The number of alkyl halides is 3. The van der Waals surface area contributed by atoms with E-state index in [9.17, 15) is 13.2 Å². The molecule has 1 fully saturated rings. The van der Waals surface area contributed by atoms with E-state index in [-0.39, 0.29) is 5.79 Å². The van der Waals surface area contributed by atoms with Gasteiger partial charge in [0, 0.05) is 45.3 Å². The van der Waals surface area contributed by atoms with Crippen molar-refractivity contribution >= 4 is 0 Å². The number of rotatable bonds is 6. The Morgan fingerprint density at radius 3 is 2.38 bits per heavy atom. The van der Waals surface area contributed by atoms with Gasteiger partial charge in [-0.3, -0.25) is 9.80 Å². The Kier molecular flexibility index (Phi) is 6.20. The van der Waals surface area contributed by atoms with Gasteiger partial charge in [-0.25, -0.2) is 0 Å². The molecule has 1 atom stereocenters. The number of allylic oxidation sites excluding steroid dienone is 2. The fourth-order valence-electron chi connectivity index (χ4n) is 3.66. The van der Waals surface area contributed by atoms with Crippen molar-refractivity contribution in [2.45, 2.75) is 45.1 Å². The second-order valence-electron chi connectivity index (χ2n) is 6.46. The third-order valence-corrected chi connectivity index (χ3v) is 4.92. The van der Waals surface area contributed by atoms with E-state index in [4.69, 9.17) is 0 Å². The van der Waals surface area contributed by atoms with E-state index in [1.54, 1.807) is 0 Å². The molecule has 138 valence electrons. The summed E-state index contributed by atoms with van der Waals surface area (Å²) in [4.78, 5) is 6.03. The highest BCUT2D eigenvalue weighted by molar-refractivity contribution is 5.12. The molecule has 1 saturated heterocycles. The van der Waals surface area contributed by atoms with Crippen LogP contribution in [-0.2, 0) is 0 Å². The molecule has 2 aliphatic heterocycles. The average molecular weight is 346 g/mol. The molecule has 0 amide bonds. The highest BCUT2D eigenvalue weighted by Crippen LogP contribution is 2.31. The SMILES string of the molecule is CC/C=C(/CC)N(C)C1(N2CCN(CC(F)(F)F)CC2)CC=CN1. The normalized spacial score (nSPS) is 26.7. The van der Waals surface area contributed by atoms with Crippen molar-refractivity contribution in [2.24, 2.45) is 0 Å². The minimum atomic E-state index is -4.12. The summed E-state index contributed by atoms with van der Waals surface area (Å²) < 4.78 is 37.8. The van der Waals surface area contributed by atoms with Crippen molar-refractivity contribution in [2.75, 3.05) is 39.8 Å². The maximum absolute atomic E-state index is 12.6. The zero-order valence-corrected chi connectivity index (χ0v) is 14.9. The molecule has 1 N–H and O–H groups in total. The van der Waals surface area contributed by atoms with Gasteiger partial charge in [0.15, 0.2) is 5.79 Å². The zero-order chi connectivity index (χ0) is 17.8. The first-order chi connectivity index (χ1) is 11.3. The highest BCUT2D eigenvalue weighted by atomic mass is 19.4. The summed E-state index contributed by atoms with van der Waals surface area (Å²) in [5.74, 6) is -0.360. The summed E-state index contributed by atoms with van der Waals surface area (Å²) >= 11 is 0. The Bertz CT molecular complexity index is 457. The van der Waals surface area contributed by atoms with Gasteiger partial charge in [0.05, 0.1) is 6.54 Å². The lowest BCUT2D eigenvalue weighted by atomic mass is 10.1. The van der Waals surface area contributed by atoms with E-state index in [0.29, 0.717) is 26.2 Å². The fraction of sp³-hybridized carbons (Fsp3) is 0.765. The number of nitrogens with zero attached hydrogens (tertiary/aromatic N) is 3. The monoisotopic (exact) mass is 346 g/mol. The molecule has 0 aromatic heterocycles. The second kappa shape index (κ2) is 7.78. The van der Waals surface area contributed by atoms with Crippen LogP contribution < -0.4 is 5.32 Å². The van der Waals surface area contributed by atoms with Crippen molar-refractivity contribution in [3.63, 3.8) is 0 Å². The zero-order valence-electron chi connectivity index (χ0n) is 14.9. The van der Waals surface area contributed by atoms with Gasteiger partial charge in [-0.15, -0.1) is 0 Å². The first kappa shape index (κ1) is 19.1. The number of hydrogen-bond acceptors (Lipinski definition) is 4. The summed E-state index contributed by atoms with van der Waals surface area (Å²) in [7, 11) is 2.08. The first-order valence-corrected chi connectivity index (χ1v) is 8.72. The van der Waals surface area contributed by atoms with E-state index in [0.717, 1.165) is 19.3 Å². The highest BCUT2D eigenvalue weighted by Gasteiger charge is 2.43. The van der Waals surface area contributed by atoms with Gasteiger partial charge in [0.25, 0.3) is 0 Å². The van der Waals surface area contributed by atoms with Gasteiger partial charge >= 0.3 is 6.18 Å². The maximum atomic E-state index is 12.6. The first-order valence-electron chi connectivity index (χ1n) is 8.72. The Labute approximate surface area is 143 Å². The largest absolute Gasteiger partial charge is 0.401 e. The Morgan fingerprint density at radius 1 is 1.25 bits per heavy atom. The van der Waals surface area contributed by atoms with Gasteiger partial charge in [0.1, 0.15) is 0 Å². The van der Waals surface area contributed by atoms with Crippen LogP contribution in [0.1, 0.15) is 33.1 Å². The van der Waals surface area contributed by atoms with Gasteiger partial charge in [-0.1, -0.05) is 26.0 Å². The van der Waals surface area contributed by atoms with Crippen LogP contribution >= 0.6 is 0 Å². The van der Waals surface area contributed by atoms with Crippen LogP contribution in [0.4, 0.5) is 13.2 Å². The summed E-state index contributed by atoms with van der Waals surface area (Å²) in [6, 6.07) is 0. The van der Waals surface area contributed by atoms with Crippen LogP contribution in [-0.4, -0.2) is 66.4 Å². The molecule has 0 bridgehead atoms. The topological polar surface area (TPSA) is 21.8 Å². The Balaban J connectivity index is 2.08. The quantitative estimate of drug-likeness (QED) is 0.798. The van der Waals surface area contributed by atoms with Crippen molar-refractivity contribution in [3.05, 3.63) is 24.0 Å². The van der Waals surface area contributed by atoms with Crippen molar-refractivity contribution < 1.29 is 13.2 Å². The van der Waals surface area contributed by atoms with Gasteiger partial charge in [0.2, 0.25) is 0 Å². The number of piperazine rings is 1. The third-order valence-electron chi connectivity index (χ3n) is 4.92. The predicted molar refractivity (Wildman–Crippen MR) is 90.1 cm³/mol. The van der Waals surface area contributed by atoms with Gasteiger partial charge in [-0.05, 0) is 19.0 Å². The lowest BCUT2D eigenvalue weighted by Gasteiger charge is -2.51. The molecule has 2 heterocycles. The minimum Gasteiger partial charge on any atom is -0.357 e. The molecule has 1 unspecified atom stereocenters. The third kappa shape index (κ3) is 4.25. The van der Waals surface area contributed by atoms with E-state index in [1.165, 1.54) is 10.6 Å². The van der Waals surface area contributed by atoms with Crippen LogP contribution in [0.2, 0.25) is 0 Å². The smallest absolute Gasteiger partial charge is 0.357 e. The molecule has 7 heteroatoms. The van der Waals surface area contributed by atoms with Gasteiger partial charge < -0.3 is 10.2 Å². The summed E-state index contributed by atoms with van der Waals surface area (Å²) in [6.07, 6.45) is 4.88. The summed E-state index contributed by atoms with van der Waals surface area (Å²) in [5, 5.41) is 3.47. The molecule has 0 aromatic carbocycles. The molecular formula is C17H29F3N4. The van der Waals surface area contributed by atoms with E-state index in [1.807, 2.05) is 6.20 Å². The summed E-state index contributed by atoms with van der Waals surface area (Å²) in [6.45, 7) is 5.56. The maximum Gasteiger partial charge on any atom is 0.401 e. The van der Waals surface area contributed by atoms with Crippen molar-refractivity contribution in [1.29, 1.82) is 0 Å². The molecule has 0 radical (unpaired) electrons. The molecule has 0 aromatic rings. The lowest BCUT2D eigenvalue weighted by Crippen LogP contribution is -2.68. The molecule has 24 heavy (non-hydrogen) atoms. The van der Waals surface area contributed by atoms with Crippen LogP contribution in [0.3, 0.4) is 0 Å². The van der Waals surface area contributed by atoms with Crippen molar-refractivity contribution in [3.8, 4) is 0 Å². The van der Waals surface area contributed by atoms with E-state index < -0.39 is 12.7 Å². The molecule has 0 aliphatic carbocycles. The standard InChI is InChI=1S/C17H29F3N4/c1-4-7-15(5-2)22(3)17(8-6-9-21-17)24-12-10-23(11-13-24)14-16(18,19)20/h6-7,9,21H,4-5,8,10-14H2,1-3H3/b15-7-. The number of nitrogens with one attached hydrogen (secondary N) is 1. The Hall–Kier alpha value is -1.21. The molecule has 2 aliphatic rings. The number of halogens is 3. The van der Waals surface area contributed by atoms with Crippen LogP contribution in [0, 0.1) is 0 Å². The molecule has 0 saturated carbocycles. The molecule has 4 nitrogen and oxygen atoms in total.